The number of benzene rings is 3. The van der Waals surface area contributed by atoms with Gasteiger partial charge in [-0.05, 0) is 106 Å². The molecule has 0 bridgehead atoms. The molecule has 3 aliphatic rings. The molecule has 2 unspecified atom stereocenters. The molecule has 0 aromatic heterocycles. The van der Waals surface area contributed by atoms with Crippen LogP contribution in [0.2, 0.25) is 0 Å². The summed E-state index contributed by atoms with van der Waals surface area (Å²) < 4.78 is 11.5. The van der Waals surface area contributed by atoms with Gasteiger partial charge in [-0.3, -0.25) is 19.2 Å². The average Bonchev–Trinajstić information content (AvgIpc) is 3.68. The number of alkyl carbamates (subject to hydrolysis) is 1. The summed E-state index contributed by atoms with van der Waals surface area (Å²) in [5, 5.41) is 8.19. The van der Waals surface area contributed by atoms with Crippen LogP contribution in [-0.2, 0) is 45.3 Å². The molecule has 3 aromatic rings. The Balaban J connectivity index is 1.11. The van der Waals surface area contributed by atoms with Gasteiger partial charge >= 0.3 is 12.1 Å². The number of unbranched alkanes of at least 4 members (excludes halogenated alkanes) is 1. The lowest BCUT2D eigenvalue weighted by molar-refractivity contribution is -0.157. The smallest absolute Gasteiger partial charge is 0.407 e. The summed E-state index contributed by atoms with van der Waals surface area (Å²) in [5.74, 6) is -0.862. The van der Waals surface area contributed by atoms with E-state index >= 15 is 0 Å². The quantitative estimate of drug-likeness (QED) is 0.0815. The molecule has 3 aromatic carbocycles. The summed E-state index contributed by atoms with van der Waals surface area (Å²) in [5.41, 5.74) is 4.55. The molecule has 1 heterocycles. The number of hydrogen-bond donors (Lipinski definition) is 3. The molecule has 1 aliphatic heterocycles. The van der Waals surface area contributed by atoms with Crippen molar-refractivity contribution in [3.05, 3.63) is 95.1 Å². The summed E-state index contributed by atoms with van der Waals surface area (Å²) >= 11 is 1.56. The number of likely N-dealkylation sites (tertiary alicyclic amines) is 1. The summed E-state index contributed by atoms with van der Waals surface area (Å²) in [6.45, 7) is 9.24. The van der Waals surface area contributed by atoms with Crippen molar-refractivity contribution in [2.24, 2.45) is 0 Å². The van der Waals surface area contributed by atoms with E-state index in [9.17, 15) is 28.8 Å². The van der Waals surface area contributed by atoms with E-state index in [-0.39, 0.29) is 36.7 Å². The van der Waals surface area contributed by atoms with Crippen LogP contribution in [0.3, 0.4) is 0 Å². The number of carbonyl (C=O) groups excluding carboxylic acids is 6. The van der Waals surface area contributed by atoms with Crippen LogP contribution in [0.25, 0.3) is 11.1 Å². The lowest BCUT2D eigenvalue weighted by Crippen LogP contribution is -2.57. The fraction of sp³-hybridized carbons (Fsp3) is 0.489. The van der Waals surface area contributed by atoms with Gasteiger partial charge < -0.3 is 30.3 Å². The van der Waals surface area contributed by atoms with Gasteiger partial charge in [0.1, 0.15) is 30.3 Å². The lowest BCUT2D eigenvalue weighted by Gasteiger charge is -2.43. The number of nitrogens with zero attached hydrogens (tertiary/aromatic N) is 1. The minimum Gasteiger partial charge on any atom is -0.458 e. The Morgan fingerprint density at radius 2 is 1.58 bits per heavy atom. The Hall–Kier alpha value is -5.17. The monoisotopic (exact) mass is 838 g/mol. The lowest BCUT2D eigenvalue weighted by atomic mass is 9.65. The Labute approximate surface area is 357 Å². The second-order valence-corrected chi connectivity index (χ2v) is 18.4. The number of nitrogens with one attached hydrogen (secondary N) is 3. The molecule has 60 heavy (non-hydrogen) atoms. The van der Waals surface area contributed by atoms with Gasteiger partial charge in [-0.15, -0.1) is 0 Å². The number of hydrogen-bond acceptors (Lipinski definition) is 9. The number of thioether (sulfide) groups is 1. The van der Waals surface area contributed by atoms with Gasteiger partial charge in [0.25, 0.3) is 0 Å². The fourth-order valence-electron chi connectivity index (χ4n) is 9.17. The molecule has 0 radical (unpaired) electrons. The van der Waals surface area contributed by atoms with Crippen LogP contribution in [0.4, 0.5) is 4.79 Å². The highest BCUT2D eigenvalue weighted by Crippen LogP contribution is 2.45. The van der Waals surface area contributed by atoms with E-state index in [4.69, 9.17) is 9.47 Å². The zero-order valence-corrected chi connectivity index (χ0v) is 36.3. The SMILES string of the molecule is CSCC[C@H](NC=O)C(=O)N[C@H]1CC(C)N([C@H]2Cc3ccccc3C(C)(CCCC[C@@H](NC(=O)OCC3c4ccccc4-c4ccccc43)C(=O)OC(C)(C)C)C2=O)C1=O. The highest BCUT2D eigenvalue weighted by atomic mass is 32.2. The van der Waals surface area contributed by atoms with Crippen molar-refractivity contribution in [2.75, 3.05) is 18.6 Å². The van der Waals surface area contributed by atoms with Crippen molar-refractivity contribution in [3.8, 4) is 11.1 Å². The first-order chi connectivity index (χ1) is 28.7. The summed E-state index contributed by atoms with van der Waals surface area (Å²) in [6, 6.07) is 20.4. The van der Waals surface area contributed by atoms with Gasteiger partial charge in [0.05, 0.1) is 11.5 Å². The molecule has 0 spiro atoms. The van der Waals surface area contributed by atoms with E-state index in [2.05, 4.69) is 28.1 Å². The third kappa shape index (κ3) is 9.72. The molecular weight excluding hydrogens is 781 g/mol. The minimum absolute atomic E-state index is 0.0747. The third-order valence-corrected chi connectivity index (χ3v) is 12.7. The van der Waals surface area contributed by atoms with E-state index in [0.717, 1.165) is 33.4 Å². The van der Waals surface area contributed by atoms with E-state index in [1.807, 2.05) is 80.8 Å². The van der Waals surface area contributed by atoms with Crippen LogP contribution in [0, 0.1) is 0 Å². The highest BCUT2D eigenvalue weighted by Gasteiger charge is 2.51. The van der Waals surface area contributed by atoms with Crippen LogP contribution in [0.1, 0.15) is 101 Å². The second kappa shape index (κ2) is 19.0. The maximum absolute atomic E-state index is 14.7. The van der Waals surface area contributed by atoms with Gasteiger partial charge in [-0.2, -0.15) is 11.8 Å². The van der Waals surface area contributed by atoms with Crippen molar-refractivity contribution >= 4 is 47.8 Å². The van der Waals surface area contributed by atoms with E-state index in [1.54, 1.807) is 37.4 Å². The Morgan fingerprint density at radius 1 is 0.933 bits per heavy atom. The maximum atomic E-state index is 14.7. The zero-order valence-electron chi connectivity index (χ0n) is 35.5. The Bertz CT molecular complexity index is 2040. The van der Waals surface area contributed by atoms with Gasteiger partial charge in [0.2, 0.25) is 18.2 Å². The number of esters is 1. The summed E-state index contributed by atoms with van der Waals surface area (Å²) in [6.07, 6.45) is 4.54. The first kappa shape index (κ1) is 44.4. The fourth-order valence-corrected chi connectivity index (χ4v) is 9.64. The van der Waals surface area contributed by atoms with Gasteiger partial charge in [0, 0.05) is 18.4 Å². The average molecular weight is 839 g/mol. The van der Waals surface area contributed by atoms with Crippen LogP contribution in [0.15, 0.2) is 72.8 Å². The molecule has 13 heteroatoms. The van der Waals surface area contributed by atoms with Crippen molar-refractivity contribution in [1.82, 2.24) is 20.9 Å². The van der Waals surface area contributed by atoms with Crippen molar-refractivity contribution in [1.29, 1.82) is 0 Å². The Morgan fingerprint density at radius 3 is 2.23 bits per heavy atom. The second-order valence-electron chi connectivity index (χ2n) is 17.4. The molecule has 12 nitrogen and oxygen atoms in total. The molecule has 1 saturated heterocycles. The standard InChI is InChI=1S/C47H58N4O8S/c1-29-25-39(49-42(54)37(48-28-52)22-24-60-6)43(55)51(29)40-26-30-15-7-12-20-36(30)47(5,41(40)53)23-14-13-21-38(44(56)59-46(2,3)4)50-45(57)58-27-35-33-18-10-8-16-31(33)32-17-9-11-19-34(32)35/h7-12,15-20,28-29,35,37-40H,13-14,21-27H2,1-6H3,(H,48,52)(H,49,54)(H,50,57)/t29?,37-,38+,39-,40-,47?/m0/s1. The van der Waals surface area contributed by atoms with E-state index in [0.29, 0.717) is 50.7 Å². The number of fused-ring (bicyclic) bond motifs is 4. The largest absolute Gasteiger partial charge is 0.458 e. The number of carbonyl (C=O) groups is 6. The number of rotatable bonds is 17. The van der Waals surface area contributed by atoms with E-state index < -0.39 is 53.2 Å². The Kier molecular flexibility index (Phi) is 14.1. The third-order valence-electron chi connectivity index (χ3n) is 12.1. The van der Waals surface area contributed by atoms with Crippen molar-refractivity contribution in [3.63, 3.8) is 0 Å². The number of ether oxygens (including phenoxy) is 2. The van der Waals surface area contributed by atoms with Crippen LogP contribution >= 0.6 is 11.8 Å². The van der Waals surface area contributed by atoms with Crippen LogP contribution < -0.4 is 16.0 Å². The van der Waals surface area contributed by atoms with Crippen LogP contribution in [0.5, 0.6) is 0 Å². The number of Topliss-reactive ketones (excluding diaryl/α,β-unsaturated/α-hetero) is 1. The molecule has 3 N–H and O–H groups in total. The molecule has 6 atom stereocenters. The number of amides is 4. The highest BCUT2D eigenvalue weighted by molar-refractivity contribution is 7.98. The predicted molar refractivity (Wildman–Crippen MR) is 231 cm³/mol. The molecule has 320 valence electrons. The maximum Gasteiger partial charge on any atom is 0.407 e. The molecule has 0 saturated carbocycles. The topological polar surface area (TPSA) is 160 Å². The van der Waals surface area contributed by atoms with Gasteiger partial charge in [-0.1, -0.05) is 85.6 Å². The minimum atomic E-state index is -0.980. The molecule has 4 amide bonds. The first-order valence-electron chi connectivity index (χ1n) is 20.9. The number of ketones is 1. The molecular formula is C47H58N4O8S. The summed E-state index contributed by atoms with van der Waals surface area (Å²) in [4.78, 5) is 81.6. The molecule has 6 rings (SSSR count). The molecule has 2 aliphatic carbocycles. The zero-order chi connectivity index (χ0) is 43.2. The molecule has 1 fully saturated rings. The normalized spacial score (nSPS) is 21.9. The summed E-state index contributed by atoms with van der Waals surface area (Å²) in [7, 11) is 0. The first-order valence-corrected chi connectivity index (χ1v) is 22.3. The van der Waals surface area contributed by atoms with Crippen molar-refractivity contribution < 1.29 is 38.2 Å². The van der Waals surface area contributed by atoms with Crippen LogP contribution in [-0.4, -0.2) is 95.4 Å². The predicted octanol–water partition coefficient (Wildman–Crippen LogP) is 6.22. The van der Waals surface area contributed by atoms with E-state index in [1.165, 1.54) is 0 Å². The van der Waals surface area contributed by atoms with Crippen molar-refractivity contribution in [2.45, 2.75) is 127 Å². The van der Waals surface area contributed by atoms with Gasteiger partial charge in [0.15, 0.2) is 5.78 Å². The van der Waals surface area contributed by atoms with Gasteiger partial charge in [-0.25, -0.2) is 9.59 Å².